The minimum atomic E-state index is -1.04. The van der Waals surface area contributed by atoms with E-state index in [1.54, 1.807) is 20.9 Å². The van der Waals surface area contributed by atoms with Gasteiger partial charge in [-0.05, 0) is 26.7 Å². The van der Waals surface area contributed by atoms with Gasteiger partial charge in [-0.2, -0.15) is 0 Å². The summed E-state index contributed by atoms with van der Waals surface area (Å²) in [5.41, 5.74) is -0.679. The normalized spacial score (nSPS) is 24.7. The van der Waals surface area contributed by atoms with E-state index in [4.69, 9.17) is 14.9 Å². The number of hydrogen-bond donors (Lipinski definition) is 2. The summed E-state index contributed by atoms with van der Waals surface area (Å²) in [6, 6.07) is 0. The number of likely N-dealkylation sites (N-methyl/N-ethyl adjacent to an activating group) is 1. The standard InChI is InChI=1S/C11H19NO5/c1-11(2,6-13)12(3)9(14)7-4-5-8(17-7)10(15)16/h7-8,13H,4-6H2,1-3H3,(H,15,16). The highest BCUT2D eigenvalue weighted by Gasteiger charge is 2.39. The molecule has 0 saturated carbocycles. The largest absolute Gasteiger partial charge is 0.479 e. The summed E-state index contributed by atoms with van der Waals surface area (Å²) in [4.78, 5) is 24.1. The number of aliphatic hydroxyl groups excluding tert-OH is 1. The Labute approximate surface area is 100 Å². The smallest absolute Gasteiger partial charge is 0.332 e. The van der Waals surface area contributed by atoms with Crippen LogP contribution in [0.4, 0.5) is 0 Å². The van der Waals surface area contributed by atoms with Crippen LogP contribution >= 0.6 is 0 Å². The van der Waals surface area contributed by atoms with Crippen molar-refractivity contribution in [2.45, 2.75) is 44.4 Å². The number of carbonyl (C=O) groups excluding carboxylic acids is 1. The molecule has 0 aromatic heterocycles. The lowest BCUT2D eigenvalue weighted by atomic mass is 10.0. The molecule has 6 heteroatoms. The lowest BCUT2D eigenvalue weighted by molar-refractivity contribution is -0.156. The van der Waals surface area contributed by atoms with Gasteiger partial charge in [-0.25, -0.2) is 4.79 Å². The van der Waals surface area contributed by atoms with Crippen molar-refractivity contribution >= 4 is 11.9 Å². The molecule has 17 heavy (non-hydrogen) atoms. The summed E-state index contributed by atoms with van der Waals surface area (Å²) in [7, 11) is 1.58. The van der Waals surface area contributed by atoms with Gasteiger partial charge in [0.25, 0.3) is 5.91 Å². The highest BCUT2D eigenvalue weighted by molar-refractivity contribution is 5.83. The molecule has 6 nitrogen and oxygen atoms in total. The molecule has 1 aliphatic heterocycles. The Morgan fingerprint density at radius 2 is 1.88 bits per heavy atom. The van der Waals surface area contributed by atoms with E-state index in [0.717, 1.165) is 0 Å². The quantitative estimate of drug-likeness (QED) is 0.719. The highest BCUT2D eigenvalue weighted by atomic mass is 16.5. The zero-order chi connectivity index (χ0) is 13.2. The van der Waals surface area contributed by atoms with Crippen LogP contribution in [-0.2, 0) is 14.3 Å². The first kappa shape index (κ1) is 13.9. The molecule has 1 fully saturated rings. The number of aliphatic carboxylic acids is 1. The second kappa shape index (κ2) is 5.01. The first-order valence-electron chi connectivity index (χ1n) is 5.56. The molecule has 1 saturated heterocycles. The van der Waals surface area contributed by atoms with Crippen LogP contribution in [0.1, 0.15) is 26.7 Å². The number of hydrogen-bond acceptors (Lipinski definition) is 4. The summed E-state index contributed by atoms with van der Waals surface area (Å²) < 4.78 is 5.17. The van der Waals surface area contributed by atoms with Crippen molar-refractivity contribution in [1.29, 1.82) is 0 Å². The van der Waals surface area contributed by atoms with E-state index in [1.165, 1.54) is 4.90 Å². The number of carbonyl (C=O) groups is 2. The Bertz CT molecular complexity index is 315. The summed E-state index contributed by atoms with van der Waals surface area (Å²) in [5.74, 6) is -1.32. The van der Waals surface area contributed by atoms with Crippen LogP contribution in [0.5, 0.6) is 0 Å². The number of carboxylic acids is 1. The summed E-state index contributed by atoms with van der Waals surface area (Å²) in [5, 5.41) is 17.9. The van der Waals surface area contributed by atoms with E-state index in [2.05, 4.69) is 0 Å². The topological polar surface area (TPSA) is 87.1 Å². The van der Waals surface area contributed by atoms with E-state index in [1.807, 2.05) is 0 Å². The second-order valence-electron chi connectivity index (χ2n) is 4.90. The first-order valence-corrected chi connectivity index (χ1v) is 5.56. The fourth-order valence-electron chi connectivity index (χ4n) is 1.62. The van der Waals surface area contributed by atoms with Gasteiger partial charge in [-0.15, -0.1) is 0 Å². The van der Waals surface area contributed by atoms with Crippen LogP contribution in [0.25, 0.3) is 0 Å². The van der Waals surface area contributed by atoms with Crippen LogP contribution in [0.3, 0.4) is 0 Å². The molecule has 0 aliphatic carbocycles. The van der Waals surface area contributed by atoms with Gasteiger partial charge in [0.05, 0.1) is 12.1 Å². The van der Waals surface area contributed by atoms with E-state index >= 15 is 0 Å². The number of aliphatic hydroxyl groups is 1. The van der Waals surface area contributed by atoms with E-state index in [0.29, 0.717) is 12.8 Å². The predicted molar refractivity (Wildman–Crippen MR) is 59.5 cm³/mol. The maximum atomic E-state index is 12.0. The Morgan fingerprint density at radius 1 is 1.35 bits per heavy atom. The molecule has 1 aliphatic rings. The van der Waals surface area contributed by atoms with Crippen LogP contribution in [0.15, 0.2) is 0 Å². The molecule has 98 valence electrons. The SMILES string of the molecule is CN(C(=O)C1CCC(C(=O)O)O1)C(C)(C)CO. The van der Waals surface area contributed by atoms with E-state index < -0.39 is 23.7 Å². The fraction of sp³-hybridized carbons (Fsp3) is 0.818. The Hall–Kier alpha value is -1.14. The maximum Gasteiger partial charge on any atom is 0.332 e. The first-order chi connectivity index (χ1) is 7.79. The van der Waals surface area contributed by atoms with Crippen molar-refractivity contribution in [3.8, 4) is 0 Å². The van der Waals surface area contributed by atoms with Crippen molar-refractivity contribution in [2.24, 2.45) is 0 Å². The molecule has 0 bridgehead atoms. The minimum Gasteiger partial charge on any atom is -0.479 e. The highest BCUT2D eigenvalue weighted by Crippen LogP contribution is 2.23. The number of amides is 1. The third-order valence-electron chi connectivity index (χ3n) is 3.20. The molecule has 1 heterocycles. The zero-order valence-corrected chi connectivity index (χ0v) is 10.3. The molecule has 0 aromatic carbocycles. The fourth-order valence-corrected chi connectivity index (χ4v) is 1.62. The van der Waals surface area contributed by atoms with Crippen molar-refractivity contribution in [1.82, 2.24) is 4.90 Å². The molecular formula is C11H19NO5. The minimum absolute atomic E-state index is 0.162. The van der Waals surface area contributed by atoms with Crippen LogP contribution in [-0.4, -0.2) is 58.4 Å². The van der Waals surface area contributed by atoms with Gasteiger partial charge in [0.15, 0.2) is 6.10 Å². The van der Waals surface area contributed by atoms with Crippen LogP contribution in [0, 0.1) is 0 Å². The van der Waals surface area contributed by atoms with E-state index in [-0.39, 0.29) is 12.5 Å². The summed E-state index contributed by atoms with van der Waals surface area (Å²) >= 11 is 0. The van der Waals surface area contributed by atoms with Crippen molar-refractivity contribution in [3.05, 3.63) is 0 Å². The molecule has 0 spiro atoms. The number of ether oxygens (including phenoxy) is 1. The van der Waals surface area contributed by atoms with Gasteiger partial charge in [0, 0.05) is 7.05 Å². The van der Waals surface area contributed by atoms with Gasteiger partial charge in [0.1, 0.15) is 6.10 Å². The maximum absolute atomic E-state index is 12.0. The number of nitrogens with zero attached hydrogens (tertiary/aromatic N) is 1. The molecular weight excluding hydrogens is 226 g/mol. The van der Waals surface area contributed by atoms with Gasteiger partial charge in [-0.3, -0.25) is 4.79 Å². The molecule has 0 aromatic rings. The summed E-state index contributed by atoms with van der Waals surface area (Å²) in [6.07, 6.45) is -0.859. The average Bonchev–Trinajstić information content (AvgIpc) is 2.76. The summed E-state index contributed by atoms with van der Waals surface area (Å²) in [6.45, 7) is 3.30. The Kier molecular flexibility index (Phi) is 4.11. The Morgan fingerprint density at radius 3 is 2.29 bits per heavy atom. The monoisotopic (exact) mass is 245 g/mol. The molecule has 1 rings (SSSR count). The molecule has 2 atom stereocenters. The van der Waals surface area contributed by atoms with Crippen molar-refractivity contribution in [3.63, 3.8) is 0 Å². The van der Waals surface area contributed by atoms with Crippen LogP contribution in [0.2, 0.25) is 0 Å². The van der Waals surface area contributed by atoms with Gasteiger partial charge in [-0.1, -0.05) is 0 Å². The Balaban J connectivity index is 2.64. The van der Waals surface area contributed by atoms with E-state index in [9.17, 15) is 9.59 Å². The molecule has 1 amide bonds. The lowest BCUT2D eigenvalue weighted by Gasteiger charge is -2.35. The second-order valence-corrected chi connectivity index (χ2v) is 4.90. The van der Waals surface area contributed by atoms with Gasteiger partial charge >= 0.3 is 5.97 Å². The number of carboxylic acid groups (broad SMARTS) is 1. The average molecular weight is 245 g/mol. The van der Waals surface area contributed by atoms with Gasteiger partial charge in [0.2, 0.25) is 0 Å². The third-order valence-corrected chi connectivity index (χ3v) is 3.20. The molecule has 2 unspecified atom stereocenters. The zero-order valence-electron chi connectivity index (χ0n) is 10.3. The number of rotatable bonds is 4. The third kappa shape index (κ3) is 2.95. The predicted octanol–water partition coefficient (Wildman–Crippen LogP) is -0.152. The van der Waals surface area contributed by atoms with Crippen molar-refractivity contribution in [2.75, 3.05) is 13.7 Å². The van der Waals surface area contributed by atoms with Crippen molar-refractivity contribution < 1.29 is 24.5 Å². The van der Waals surface area contributed by atoms with Gasteiger partial charge < -0.3 is 19.8 Å². The molecule has 0 radical (unpaired) electrons. The lowest BCUT2D eigenvalue weighted by Crippen LogP contribution is -2.51. The van der Waals surface area contributed by atoms with Crippen LogP contribution < -0.4 is 0 Å². The molecule has 2 N–H and O–H groups in total.